The smallest absolute Gasteiger partial charge is 0.289 e. The number of amides is 2. The summed E-state index contributed by atoms with van der Waals surface area (Å²) >= 11 is 0. The summed E-state index contributed by atoms with van der Waals surface area (Å²) in [6.07, 6.45) is 0. The molecule has 0 radical (unpaired) electrons. The SMILES string of the molecule is COc1ccc(NC(=O)CN(C)C(=O)c2ccc(C)o2)cc1. The van der Waals surface area contributed by atoms with Gasteiger partial charge >= 0.3 is 0 Å². The molecule has 6 heteroatoms. The van der Waals surface area contributed by atoms with Crippen LogP contribution in [0.4, 0.5) is 5.69 Å². The number of hydrogen-bond acceptors (Lipinski definition) is 4. The predicted octanol–water partition coefficient (Wildman–Crippen LogP) is 2.31. The molecular weight excluding hydrogens is 284 g/mol. The van der Waals surface area contributed by atoms with E-state index < -0.39 is 0 Å². The lowest BCUT2D eigenvalue weighted by Gasteiger charge is -2.15. The number of carbonyl (C=O) groups is 2. The summed E-state index contributed by atoms with van der Waals surface area (Å²) in [4.78, 5) is 25.3. The minimum absolute atomic E-state index is 0.0649. The molecule has 0 aliphatic heterocycles. The summed E-state index contributed by atoms with van der Waals surface area (Å²) in [6.45, 7) is 1.69. The van der Waals surface area contributed by atoms with Crippen molar-refractivity contribution in [3.8, 4) is 5.75 Å². The Hall–Kier alpha value is -2.76. The van der Waals surface area contributed by atoms with Gasteiger partial charge in [0.2, 0.25) is 5.91 Å². The molecule has 2 rings (SSSR count). The highest BCUT2D eigenvalue weighted by Gasteiger charge is 2.17. The number of benzene rings is 1. The average molecular weight is 302 g/mol. The van der Waals surface area contributed by atoms with Gasteiger partial charge in [-0.2, -0.15) is 0 Å². The van der Waals surface area contributed by atoms with E-state index in [2.05, 4.69) is 5.32 Å². The Morgan fingerprint density at radius 3 is 2.41 bits per heavy atom. The van der Waals surface area contributed by atoms with E-state index in [-0.39, 0.29) is 24.1 Å². The molecular formula is C16H18N2O4. The van der Waals surface area contributed by atoms with E-state index in [1.165, 1.54) is 4.90 Å². The van der Waals surface area contributed by atoms with Crippen LogP contribution in [0.5, 0.6) is 5.75 Å². The van der Waals surface area contributed by atoms with E-state index in [1.807, 2.05) is 0 Å². The second kappa shape index (κ2) is 6.80. The lowest BCUT2D eigenvalue weighted by molar-refractivity contribution is -0.116. The zero-order valence-electron chi connectivity index (χ0n) is 12.8. The van der Waals surface area contributed by atoms with Crippen molar-refractivity contribution < 1.29 is 18.7 Å². The Kier molecular flexibility index (Phi) is 4.83. The fraction of sp³-hybridized carbons (Fsp3) is 0.250. The van der Waals surface area contributed by atoms with Crippen molar-refractivity contribution in [1.82, 2.24) is 4.90 Å². The maximum Gasteiger partial charge on any atom is 0.289 e. The first-order valence-electron chi connectivity index (χ1n) is 6.75. The Morgan fingerprint density at radius 2 is 1.86 bits per heavy atom. The fourth-order valence-electron chi connectivity index (χ4n) is 1.90. The topological polar surface area (TPSA) is 71.8 Å². The average Bonchev–Trinajstić information content (AvgIpc) is 2.93. The molecule has 1 N–H and O–H groups in total. The third-order valence-electron chi connectivity index (χ3n) is 3.05. The van der Waals surface area contributed by atoms with Crippen LogP contribution in [0.15, 0.2) is 40.8 Å². The summed E-state index contributed by atoms with van der Waals surface area (Å²) in [7, 11) is 3.12. The summed E-state index contributed by atoms with van der Waals surface area (Å²) in [6, 6.07) is 10.3. The Balaban J connectivity index is 1.91. The fourth-order valence-corrected chi connectivity index (χ4v) is 1.90. The molecule has 0 bridgehead atoms. The molecule has 0 aliphatic rings. The van der Waals surface area contributed by atoms with Crippen molar-refractivity contribution >= 4 is 17.5 Å². The number of ether oxygens (including phenoxy) is 1. The maximum absolute atomic E-state index is 12.1. The summed E-state index contributed by atoms with van der Waals surface area (Å²) < 4.78 is 10.3. The molecule has 22 heavy (non-hydrogen) atoms. The van der Waals surface area contributed by atoms with Gasteiger partial charge in [-0.05, 0) is 43.3 Å². The maximum atomic E-state index is 12.1. The molecule has 0 unspecified atom stereocenters. The number of aryl methyl sites for hydroxylation is 1. The summed E-state index contributed by atoms with van der Waals surface area (Å²) in [5.74, 6) is 0.956. The van der Waals surface area contributed by atoms with Crippen molar-refractivity contribution in [2.24, 2.45) is 0 Å². The molecule has 2 amide bonds. The highest BCUT2D eigenvalue weighted by molar-refractivity contribution is 5.97. The van der Waals surface area contributed by atoms with Crippen LogP contribution in [-0.4, -0.2) is 37.4 Å². The van der Waals surface area contributed by atoms with E-state index in [9.17, 15) is 9.59 Å². The first kappa shape index (κ1) is 15.6. The van der Waals surface area contributed by atoms with Gasteiger partial charge in [-0.15, -0.1) is 0 Å². The van der Waals surface area contributed by atoms with E-state index in [4.69, 9.17) is 9.15 Å². The first-order valence-corrected chi connectivity index (χ1v) is 6.75. The van der Waals surface area contributed by atoms with Crippen LogP contribution in [0.2, 0.25) is 0 Å². The van der Waals surface area contributed by atoms with E-state index in [0.29, 0.717) is 17.2 Å². The number of carbonyl (C=O) groups excluding carboxylic acids is 2. The van der Waals surface area contributed by atoms with Gasteiger partial charge in [-0.3, -0.25) is 9.59 Å². The molecule has 0 saturated carbocycles. The lowest BCUT2D eigenvalue weighted by Crippen LogP contribution is -2.34. The molecule has 1 aromatic carbocycles. The van der Waals surface area contributed by atoms with Crippen molar-refractivity contribution in [3.05, 3.63) is 47.9 Å². The normalized spacial score (nSPS) is 10.1. The van der Waals surface area contributed by atoms with Crippen LogP contribution in [0.25, 0.3) is 0 Å². The van der Waals surface area contributed by atoms with Crippen molar-refractivity contribution in [2.45, 2.75) is 6.92 Å². The zero-order chi connectivity index (χ0) is 16.1. The van der Waals surface area contributed by atoms with Crippen LogP contribution in [0.3, 0.4) is 0 Å². The van der Waals surface area contributed by atoms with Crippen LogP contribution >= 0.6 is 0 Å². The van der Waals surface area contributed by atoms with Gasteiger partial charge in [0, 0.05) is 12.7 Å². The van der Waals surface area contributed by atoms with E-state index in [1.54, 1.807) is 57.5 Å². The van der Waals surface area contributed by atoms with E-state index >= 15 is 0 Å². The molecule has 2 aromatic rings. The van der Waals surface area contributed by atoms with Gasteiger partial charge in [0.25, 0.3) is 5.91 Å². The molecule has 0 saturated heterocycles. The molecule has 1 aromatic heterocycles. The first-order chi connectivity index (χ1) is 10.5. The third kappa shape index (κ3) is 3.88. The Labute approximate surface area is 128 Å². The zero-order valence-corrected chi connectivity index (χ0v) is 12.8. The van der Waals surface area contributed by atoms with Gasteiger partial charge in [0.15, 0.2) is 5.76 Å². The monoisotopic (exact) mass is 302 g/mol. The van der Waals surface area contributed by atoms with Crippen molar-refractivity contribution in [2.75, 3.05) is 26.0 Å². The third-order valence-corrected chi connectivity index (χ3v) is 3.05. The number of likely N-dealkylation sites (N-methyl/N-ethyl adjacent to an activating group) is 1. The second-order valence-electron chi connectivity index (χ2n) is 4.85. The van der Waals surface area contributed by atoms with Crippen LogP contribution in [-0.2, 0) is 4.79 Å². The molecule has 0 atom stereocenters. The minimum atomic E-state index is -0.335. The highest BCUT2D eigenvalue weighted by atomic mass is 16.5. The van der Waals surface area contributed by atoms with Gasteiger partial charge in [0.1, 0.15) is 11.5 Å². The number of nitrogens with one attached hydrogen (secondary N) is 1. The number of hydrogen-bond donors (Lipinski definition) is 1. The largest absolute Gasteiger partial charge is 0.497 e. The Bertz CT molecular complexity index is 661. The van der Waals surface area contributed by atoms with Crippen LogP contribution in [0.1, 0.15) is 16.3 Å². The second-order valence-corrected chi connectivity index (χ2v) is 4.85. The number of anilines is 1. The molecule has 0 aliphatic carbocycles. The van der Waals surface area contributed by atoms with E-state index in [0.717, 1.165) is 0 Å². The number of methoxy groups -OCH3 is 1. The highest BCUT2D eigenvalue weighted by Crippen LogP contribution is 2.15. The van der Waals surface area contributed by atoms with Crippen LogP contribution < -0.4 is 10.1 Å². The van der Waals surface area contributed by atoms with Crippen molar-refractivity contribution in [1.29, 1.82) is 0 Å². The van der Waals surface area contributed by atoms with Crippen LogP contribution in [0, 0.1) is 6.92 Å². The molecule has 1 heterocycles. The number of rotatable bonds is 5. The molecule has 0 fully saturated rings. The lowest BCUT2D eigenvalue weighted by atomic mass is 10.3. The van der Waals surface area contributed by atoms with Gasteiger partial charge < -0.3 is 19.4 Å². The van der Waals surface area contributed by atoms with Gasteiger partial charge in [-0.25, -0.2) is 0 Å². The summed E-state index contributed by atoms with van der Waals surface area (Å²) in [5.41, 5.74) is 0.639. The number of nitrogens with zero attached hydrogens (tertiary/aromatic N) is 1. The predicted molar refractivity (Wildman–Crippen MR) is 82.0 cm³/mol. The summed E-state index contributed by atoms with van der Waals surface area (Å²) in [5, 5.41) is 2.72. The van der Waals surface area contributed by atoms with Crippen molar-refractivity contribution in [3.63, 3.8) is 0 Å². The standard InChI is InChI=1S/C16H18N2O4/c1-11-4-9-14(22-11)16(20)18(2)10-15(19)17-12-5-7-13(21-3)8-6-12/h4-9H,10H2,1-3H3,(H,17,19). The van der Waals surface area contributed by atoms with Gasteiger partial charge in [-0.1, -0.05) is 0 Å². The minimum Gasteiger partial charge on any atom is -0.497 e. The molecule has 0 spiro atoms. The molecule has 116 valence electrons. The molecule has 6 nitrogen and oxygen atoms in total. The Morgan fingerprint density at radius 1 is 1.18 bits per heavy atom. The quantitative estimate of drug-likeness (QED) is 0.920. The number of furan rings is 1. The van der Waals surface area contributed by atoms with Gasteiger partial charge in [0.05, 0.1) is 13.7 Å².